The van der Waals surface area contributed by atoms with E-state index in [9.17, 15) is 24.5 Å². The van der Waals surface area contributed by atoms with E-state index in [0.717, 1.165) is 0 Å². The highest BCUT2D eigenvalue weighted by Crippen LogP contribution is 2.31. The Balaban J connectivity index is 1.39. The van der Waals surface area contributed by atoms with Gasteiger partial charge in [-0.2, -0.15) is 5.10 Å². The first-order chi connectivity index (χ1) is 15.9. The van der Waals surface area contributed by atoms with E-state index >= 15 is 0 Å². The maximum atomic E-state index is 12.5. The number of rotatable bonds is 6. The van der Waals surface area contributed by atoms with Crippen molar-refractivity contribution < 1.29 is 24.0 Å². The van der Waals surface area contributed by atoms with Crippen LogP contribution in [0.2, 0.25) is 0 Å². The molecule has 2 aliphatic rings. The number of hydrazone groups is 1. The number of hydrogen-bond donors (Lipinski definition) is 2. The summed E-state index contributed by atoms with van der Waals surface area (Å²) in [5, 5.41) is 17.1. The van der Waals surface area contributed by atoms with Gasteiger partial charge in [-0.15, -0.1) is 0 Å². The number of carbonyl (C=O) groups is 3. The molecule has 2 aromatic rings. The molecule has 0 aromatic heterocycles. The number of carbonyl (C=O) groups excluding carboxylic acids is 3. The Hall–Kier alpha value is -4.16. The Morgan fingerprint density at radius 1 is 1.18 bits per heavy atom. The van der Waals surface area contributed by atoms with Crippen LogP contribution < -0.4 is 15.6 Å². The van der Waals surface area contributed by atoms with Crippen molar-refractivity contribution in [3.8, 4) is 0 Å². The Morgan fingerprint density at radius 3 is 2.73 bits per heavy atom. The number of Topliss-reactive ketones (excluding diaryl/α,β-unsaturated/α-hetero) is 1. The zero-order chi connectivity index (χ0) is 23.4. The monoisotopic (exact) mass is 452 g/mol. The number of fused-ring (bicyclic) bond motifs is 1. The Kier molecular flexibility index (Phi) is 6.38. The third-order valence-corrected chi connectivity index (χ3v) is 5.14. The van der Waals surface area contributed by atoms with Crippen LogP contribution in [0.3, 0.4) is 0 Å². The Labute approximate surface area is 187 Å². The molecule has 0 radical (unpaired) electrons. The molecule has 3 amide bonds. The number of ketones is 1. The minimum atomic E-state index is -0.682. The molecule has 0 aliphatic carbocycles. The molecule has 0 saturated carbocycles. The molecule has 4 rings (SSSR count). The van der Waals surface area contributed by atoms with Crippen LogP contribution in [-0.4, -0.2) is 66.7 Å². The summed E-state index contributed by atoms with van der Waals surface area (Å²) in [6.45, 7) is 2.78. The molecule has 0 atom stereocenters. The molecule has 1 fully saturated rings. The molecule has 12 nitrogen and oxygen atoms in total. The molecule has 12 heteroatoms. The highest BCUT2D eigenvalue weighted by atomic mass is 16.6. The number of nitro benzene ring substituents is 1. The molecule has 2 aromatic carbocycles. The first kappa shape index (κ1) is 22.0. The standard InChI is InChI=1S/C21H20N6O6/c28-19-17-11-15(4-5-18(17)26(20(19)29)13-25-6-8-33-9-7-25)23-21(30)24-22-12-14-2-1-3-16(10-14)27(31)32/h1-5,10-12H,6-9,13H2,(H2,23,24,30)/b22-12+. The Morgan fingerprint density at radius 2 is 1.97 bits per heavy atom. The summed E-state index contributed by atoms with van der Waals surface area (Å²) < 4.78 is 5.31. The van der Waals surface area contributed by atoms with Gasteiger partial charge < -0.3 is 10.1 Å². The van der Waals surface area contributed by atoms with Crippen molar-refractivity contribution in [3.05, 3.63) is 63.7 Å². The second-order valence-corrected chi connectivity index (χ2v) is 7.34. The van der Waals surface area contributed by atoms with E-state index in [1.807, 2.05) is 4.90 Å². The van der Waals surface area contributed by atoms with Gasteiger partial charge in [0, 0.05) is 36.5 Å². The van der Waals surface area contributed by atoms with E-state index < -0.39 is 22.6 Å². The first-order valence-corrected chi connectivity index (χ1v) is 10.1. The topological polar surface area (TPSA) is 146 Å². The van der Waals surface area contributed by atoms with Crippen LogP contribution >= 0.6 is 0 Å². The molecule has 0 bridgehead atoms. The summed E-state index contributed by atoms with van der Waals surface area (Å²) in [6, 6.07) is 9.72. The van der Waals surface area contributed by atoms with Gasteiger partial charge in [0.1, 0.15) is 0 Å². The molecule has 2 heterocycles. The molecular weight excluding hydrogens is 432 g/mol. The van der Waals surface area contributed by atoms with Crippen molar-refractivity contribution in [3.63, 3.8) is 0 Å². The van der Waals surface area contributed by atoms with Crippen molar-refractivity contribution in [1.82, 2.24) is 10.3 Å². The number of nitrogens with one attached hydrogen (secondary N) is 2. The summed E-state index contributed by atoms with van der Waals surface area (Å²) >= 11 is 0. The predicted octanol–water partition coefficient (Wildman–Crippen LogP) is 1.57. The average Bonchev–Trinajstić information content (AvgIpc) is 3.04. The van der Waals surface area contributed by atoms with Crippen LogP contribution in [0, 0.1) is 10.1 Å². The lowest BCUT2D eigenvalue weighted by atomic mass is 10.1. The van der Waals surface area contributed by atoms with Crippen molar-refractivity contribution in [1.29, 1.82) is 0 Å². The predicted molar refractivity (Wildman–Crippen MR) is 118 cm³/mol. The third-order valence-electron chi connectivity index (χ3n) is 5.14. The fourth-order valence-electron chi connectivity index (χ4n) is 3.50. The first-order valence-electron chi connectivity index (χ1n) is 10.1. The van der Waals surface area contributed by atoms with Gasteiger partial charge in [-0.3, -0.25) is 29.5 Å². The van der Waals surface area contributed by atoms with E-state index in [-0.39, 0.29) is 11.3 Å². The summed E-state index contributed by atoms with van der Waals surface area (Å²) in [5.41, 5.74) is 3.61. The molecular formula is C21H20N6O6. The van der Waals surface area contributed by atoms with Crippen molar-refractivity contribution in [2.45, 2.75) is 0 Å². The number of benzene rings is 2. The SMILES string of the molecule is O=C(N/N=C/c1cccc([N+](=O)[O-])c1)Nc1ccc2c(c1)C(=O)C(=O)N2CN1CCOCC1. The number of morpholine rings is 1. The number of anilines is 2. The molecule has 1 saturated heterocycles. The van der Waals surface area contributed by atoms with E-state index in [1.54, 1.807) is 18.2 Å². The minimum Gasteiger partial charge on any atom is -0.379 e. The summed E-state index contributed by atoms with van der Waals surface area (Å²) in [7, 11) is 0. The average molecular weight is 452 g/mol. The smallest absolute Gasteiger partial charge is 0.339 e. The number of hydrogen-bond acceptors (Lipinski definition) is 8. The number of non-ortho nitro benzene ring substituents is 1. The minimum absolute atomic E-state index is 0.0941. The molecule has 2 N–H and O–H groups in total. The van der Waals surface area contributed by atoms with Crippen LogP contribution in [0.25, 0.3) is 0 Å². The number of ether oxygens (including phenoxy) is 1. The third kappa shape index (κ3) is 5.02. The van der Waals surface area contributed by atoms with Gasteiger partial charge in [0.25, 0.3) is 11.5 Å². The normalized spacial score (nSPS) is 16.2. The van der Waals surface area contributed by atoms with Gasteiger partial charge in [-0.1, -0.05) is 12.1 Å². The van der Waals surface area contributed by atoms with Gasteiger partial charge in [-0.05, 0) is 18.2 Å². The molecule has 0 unspecified atom stereocenters. The highest BCUT2D eigenvalue weighted by molar-refractivity contribution is 6.52. The van der Waals surface area contributed by atoms with Crippen molar-refractivity contribution in [2.24, 2.45) is 5.10 Å². The van der Waals surface area contributed by atoms with Gasteiger partial charge >= 0.3 is 11.9 Å². The maximum absolute atomic E-state index is 12.5. The Bertz CT molecular complexity index is 1140. The maximum Gasteiger partial charge on any atom is 0.339 e. The van der Waals surface area contributed by atoms with Gasteiger partial charge in [0.05, 0.1) is 42.3 Å². The van der Waals surface area contributed by atoms with Crippen LogP contribution in [-0.2, 0) is 9.53 Å². The van der Waals surface area contributed by atoms with E-state index in [4.69, 9.17) is 4.74 Å². The second-order valence-electron chi connectivity index (χ2n) is 7.34. The molecule has 2 aliphatic heterocycles. The lowest BCUT2D eigenvalue weighted by molar-refractivity contribution is -0.384. The highest BCUT2D eigenvalue weighted by Gasteiger charge is 2.37. The number of nitro groups is 1. The van der Waals surface area contributed by atoms with Crippen LogP contribution in [0.5, 0.6) is 0 Å². The zero-order valence-corrected chi connectivity index (χ0v) is 17.4. The van der Waals surface area contributed by atoms with E-state index in [0.29, 0.717) is 49.9 Å². The van der Waals surface area contributed by atoms with E-state index in [1.165, 1.54) is 35.4 Å². The quantitative estimate of drug-likeness (QED) is 0.293. The number of urea groups is 1. The largest absolute Gasteiger partial charge is 0.379 e. The number of amides is 3. The van der Waals surface area contributed by atoms with Crippen molar-refractivity contribution in [2.75, 3.05) is 43.2 Å². The van der Waals surface area contributed by atoms with Gasteiger partial charge in [-0.25, -0.2) is 10.2 Å². The van der Waals surface area contributed by atoms with Gasteiger partial charge in [0.2, 0.25) is 0 Å². The van der Waals surface area contributed by atoms with Crippen LogP contribution in [0.1, 0.15) is 15.9 Å². The zero-order valence-electron chi connectivity index (χ0n) is 17.4. The summed E-state index contributed by atoms with van der Waals surface area (Å²) in [5.74, 6) is -1.24. The fourth-order valence-corrected chi connectivity index (χ4v) is 3.50. The second kappa shape index (κ2) is 9.54. The van der Waals surface area contributed by atoms with Gasteiger partial charge in [0.15, 0.2) is 0 Å². The lowest BCUT2D eigenvalue weighted by Crippen LogP contribution is -2.45. The fraction of sp³-hybridized carbons (Fsp3) is 0.238. The molecule has 170 valence electrons. The van der Waals surface area contributed by atoms with Crippen LogP contribution in [0.4, 0.5) is 21.9 Å². The lowest BCUT2D eigenvalue weighted by Gasteiger charge is -2.30. The van der Waals surface area contributed by atoms with Crippen LogP contribution in [0.15, 0.2) is 47.6 Å². The molecule has 33 heavy (non-hydrogen) atoms. The van der Waals surface area contributed by atoms with E-state index in [2.05, 4.69) is 15.8 Å². The summed E-state index contributed by atoms with van der Waals surface area (Å²) in [4.78, 5) is 50.8. The number of nitrogens with zero attached hydrogens (tertiary/aromatic N) is 4. The molecule has 0 spiro atoms. The summed E-state index contributed by atoms with van der Waals surface area (Å²) in [6.07, 6.45) is 1.26. The van der Waals surface area contributed by atoms with Crippen molar-refractivity contribution >= 4 is 41.0 Å².